The number of aromatic nitrogens is 2. The summed E-state index contributed by atoms with van der Waals surface area (Å²) in [4.78, 5) is 4.37. The zero-order chi connectivity index (χ0) is 12.3. The van der Waals surface area contributed by atoms with Crippen LogP contribution in [0.15, 0.2) is 27.2 Å². The summed E-state index contributed by atoms with van der Waals surface area (Å²) in [5.74, 6) is 1.28. The van der Waals surface area contributed by atoms with Gasteiger partial charge < -0.3 is 10.3 Å². The molecule has 2 aromatic rings. The van der Waals surface area contributed by atoms with Crippen LogP contribution in [0.3, 0.4) is 0 Å². The van der Waals surface area contributed by atoms with Gasteiger partial charge in [0.1, 0.15) is 0 Å². The molecule has 0 bridgehead atoms. The van der Waals surface area contributed by atoms with E-state index in [1.54, 1.807) is 0 Å². The van der Waals surface area contributed by atoms with Crippen molar-refractivity contribution >= 4 is 15.9 Å². The summed E-state index contributed by atoms with van der Waals surface area (Å²) in [5, 5.41) is 3.94. The third-order valence-electron chi connectivity index (χ3n) is 2.57. The first-order chi connectivity index (χ1) is 8.22. The van der Waals surface area contributed by atoms with Crippen molar-refractivity contribution in [1.82, 2.24) is 10.1 Å². The lowest BCUT2D eigenvalue weighted by Gasteiger charge is -2.01. The molecule has 1 aromatic carbocycles. The average Bonchev–Trinajstić information content (AvgIpc) is 2.78. The van der Waals surface area contributed by atoms with Crippen LogP contribution in [0.5, 0.6) is 0 Å². The molecule has 0 fully saturated rings. The maximum absolute atomic E-state index is 5.45. The highest BCUT2D eigenvalue weighted by Crippen LogP contribution is 2.27. The molecule has 2 rings (SSSR count). The van der Waals surface area contributed by atoms with Crippen molar-refractivity contribution in [3.05, 3.63) is 34.1 Å². The molecule has 0 spiro atoms. The highest BCUT2D eigenvalue weighted by Gasteiger charge is 2.11. The van der Waals surface area contributed by atoms with E-state index in [9.17, 15) is 0 Å². The van der Waals surface area contributed by atoms with Crippen LogP contribution in [-0.2, 0) is 6.42 Å². The highest BCUT2D eigenvalue weighted by atomic mass is 79.9. The van der Waals surface area contributed by atoms with Gasteiger partial charge in [-0.25, -0.2) is 0 Å². The van der Waals surface area contributed by atoms with E-state index in [2.05, 4.69) is 26.1 Å². The van der Waals surface area contributed by atoms with E-state index in [4.69, 9.17) is 10.3 Å². The molecule has 2 N–H and O–H groups in total. The molecule has 0 aliphatic rings. The van der Waals surface area contributed by atoms with Gasteiger partial charge in [0.2, 0.25) is 0 Å². The first-order valence-electron chi connectivity index (χ1n) is 5.50. The van der Waals surface area contributed by atoms with Crippen molar-refractivity contribution in [3.8, 4) is 11.5 Å². The number of benzene rings is 1. The molecule has 4 nitrogen and oxygen atoms in total. The van der Waals surface area contributed by atoms with Crippen molar-refractivity contribution < 1.29 is 4.52 Å². The predicted octanol–water partition coefficient (Wildman–Crippen LogP) is 2.70. The molecule has 0 atom stereocenters. The molecule has 17 heavy (non-hydrogen) atoms. The van der Waals surface area contributed by atoms with Gasteiger partial charge in [-0.15, -0.1) is 0 Å². The second-order valence-corrected chi connectivity index (χ2v) is 4.67. The highest BCUT2D eigenvalue weighted by molar-refractivity contribution is 9.10. The predicted molar refractivity (Wildman–Crippen MR) is 69.5 cm³/mol. The molecule has 5 heteroatoms. The lowest BCUT2D eigenvalue weighted by molar-refractivity contribution is 0.421. The Morgan fingerprint density at radius 3 is 3.00 bits per heavy atom. The summed E-state index contributed by atoms with van der Waals surface area (Å²) in [6.45, 7) is 2.66. The van der Waals surface area contributed by atoms with Crippen LogP contribution >= 0.6 is 15.9 Å². The molecule has 0 saturated carbocycles. The van der Waals surface area contributed by atoms with E-state index in [-0.39, 0.29) is 0 Å². The Labute approximate surface area is 108 Å². The Kier molecular flexibility index (Phi) is 3.91. The second kappa shape index (κ2) is 5.42. The molecular formula is C12H14BrN3O. The third kappa shape index (κ3) is 2.73. The second-order valence-electron chi connectivity index (χ2n) is 3.82. The van der Waals surface area contributed by atoms with E-state index in [1.807, 2.05) is 25.1 Å². The first kappa shape index (κ1) is 12.3. The summed E-state index contributed by atoms with van der Waals surface area (Å²) < 4.78 is 6.30. The lowest BCUT2D eigenvalue weighted by atomic mass is 10.1. The monoisotopic (exact) mass is 295 g/mol. The number of hydrogen-bond donors (Lipinski definition) is 1. The van der Waals surface area contributed by atoms with Crippen LogP contribution in [-0.4, -0.2) is 16.7 Å². The minimum absolute atomic E-state index is 0.566. The zero-order valence-corrected chi connectivity index (χ0v) is 11.2. The minimum atomic E-state index is 0.566. The Hall–Kier alpha value is -1.20. The third-order valence-corrected chi connectivity index (χ3v) is 3.43. The maximum Gasteiger partial charge on any atom is 0.258 e. The zero-order valence-electron chi connectivity index (χ0n) is 9.61. The molecular weight excluding hydrogens is 282 g/mol. The number of nitrogens with two attached hydrogens (primary N) is 1. The summed E-state index contributed by atoms with van der Waals surface area (Å²) in [6.07, 6.45) is 1.63. The van der Waals surface area contributed by atoms with E-state index < -0.39 is 0 Å². The van der Waals surface area contributed by atoms with Crippen LogP contribution < -0.4 is 5.73 Å². The summed E-state index contributed by atoms with van der Waals surface area (Å²) >= 11 is 3.49. The van der Waals surface area contributed by atoms with Crippen LogP contribution in [0.2, 0.25) is 0 Å². The van der Waals surface area contributed by atoms with Gasteiger partial charge >= 0.3 is 0 Å². The lowest BCUT2D eigenvalue weighted by Crippen LogP contribution is -2.01. The summed E-state index contributed by atoms with van der Waals surface area (Å²) in [7, 11) is 0. The van der Waals surface area contributed by atoms with E-state index >= 15 is 0 Å². The molecule has 0 radical (unpaired) electrons. The largest absolute Gasteiger partial charge is 0.334 e. The first-order valence-corrected chi connectivity index (χ1v) is 6.30. The molecule has 0 unspecified atom stereocenters. The van der Waals surface area contributed by atoms with Crippen molar-refractivity contribution in [2.75, 3.05) is 6.54 Å². The number of nitrogens with zero attached hydrogens (tertiary/aromatic N) is 2. The fourth-order valence-corrected chi connectivity index (χ4v) is 1.93. The molecule has 1 aromatic heterocycles. The van der Waals surface area contributed by atoms with Gasteiger partial charge in [0.05, 0.1) is 0 Å². The fraction of sp³-hybridized carbons (Fsp3) is 0.333. The minimum Gasteiger partial charge on any atom is -0.334 e. The molecule has 0 saturated heterocycles. The van der Waals surface area contributed by atoms with E-state index in [0.29, 0.717) is 18.3 Å². The molecule has 90 valence electrons. The summed E-state index contributed by atoms with van der Waals surface area (Å²) in [5.41, 5.74) is 7.51. The van der Waals surface area contributed by atoms with Crippen molar-refractivity contribution in [3.63, 3.8) is 0 Å². The smallest absolute Gasteiger partial charge is 0.258 e. The molecule has 0 aliphatic carbocycles. The summed E-state index contributed by atoms with van der Waals surface area (Å²) in [6, 6.07) is 5.92. The van der Waals surface area contributed by atoms with Gasteiger partial charge in [-0.3, -0.25) is 0 Å². The standard InChI is InChI=1S/C12H14BrN3O/c1-8-9(4-2-5-10(8)13)12-15-11(16-17-12)6-3-7-14/h2,4-5H,3,6-7,14H2,1H3. The van der Waals surface area contributed by atoms with Crippen molar-refractivity contribution in [2.45, 2.75) is 19.8 Å². The normalized spacial score (nSPS) is 10.8. The number of aryl methyl sites for hydroxylation is 1. The molecule has 0 amide bonds. The average molecular weight is 296 g/mol. The number of rotatable bonds is 4. The fourth-order valence-electron chi connectivity index (χ4n) is 1.56. The number of halogens is 1. The Morgan fingerprint density at radius 2 is 2.24 bits per heavy atom. The Morgan fingerprint density at radius 1 is 1.41 bits per heavy atom. The quantitative estimate of drug-likeness (QED) is 0.942. The SMILES string of the molecule is Cc1c(Br)cccc1-c1nc(CCCN)no1. The van der Waals surface area contributed by atoms with Gasteiger partial charge in [0.25, 0.3) is 5.89 Å². The van der Waals surface area contributed by atoms with E-state index in [0.717, 1.165) is 28.4 Å². The van der Waals surface area contributed by atoms with Crippen LogP contribution in [0, 0.1) is 6.92 Å². The number of hydrogen-bond acceptors (Lipinski definition) is 4. The van der Waals surface area contributed by atoms with Crippen LogP contribution in [0.4, 0.5) is 0 Å². The van der Waals surface area contributed by atoms with Crippen LogP contribution in [0.25, 0.3) is 11.5 Å². The van der Waals surface area contributed by atoms with Crippen molar-refractivity contribution in [2.24, 2.45) is 5.73 Å². The van der Waals surface area contributed by atoms with Gasteiger partial charge in [-0.1, -0.05) is 27.2 Å². The van der Waals surface area contributed by atoms with Crippen LogP contribution in [0.1, 0.15) is 17.8 Å². The van der Waals surface area contributed by atoms with E-state index in [1.165, 1.54) is 0 Å². The van der Waals surface area contributed by atoms with Gasteiger partial charge in [0, 0.05) is 16.5 Å². The maximum atomic E-state index is 5.45. The molecule has 1 heterocycles. The Bertz CT molecular complexity index is 510. The molecule has 0 aliphatic heterocycles. The topological polar surface area (TPSA) is 64.9 Å². The van der Waals surface area contributed by atoms with Gasteiger partial charge in [-0.05, 0) is 37.6 Å². The Balaban J connectivity index is 2.27. The van der Waals surface area contributed by atoms with Gasteiger partial charge in [0.15, 0.2) is 5.82 Å². The van der Waals surface area contributed by atoms with Crippen molar-refractivity contribution in [1.29, 1.82) is 0 Å². The van der Waals surface area contributed by atoms with Gasteiger partial charge in [-0.2, -0.15) is 4.98 Å².